The van der Waals surface area contributed by atoms with E-state index in [0.717, 1.165) is 6.42 Å². The van der Waals surface area contributed by atoms with E-state index in [0.29, 0.717) is 18.3 Å². The highest BCUT2D eigenvalue weighted by atomic mass is 16.1. The molecular weight excluding hydrogens is 196 g/mol. The van der Waals surface area contributed by atoms with Crippen LogP contribution in [0.1, 0.15) is 51.2 Å². The summed E-state index contributed by atoms with van der Waals surface area (Å²) in [6.45, 7) is 8.22. The van der Waals surface area contributed by atoms with E-state index in [1.807, 2.05) is 0 Å². The Bertz CT molecular complexity index is 335. The maximum absolute atomic E-state index is 11.0. The van der Waals surface area contributed by atoms with E-state index in [1.165, 1.54) is 11.1 Å². The fourth-order valence-corrected chi connectivity index (χ4v) is 2.00. The van der Waals surface area contributed by atoms with Crippen LogP contribution < -0.4 is 0 Å². The Kier molecular flexibility index (Phi) is 4.72. The van der Waals surface area contributed by atoms with Crippen molar-refractivity contribution in [2.45, 2.75) is 46.5 Å². The van der Waals surface area contributed by atoms with Crippen LogP contribution in [0.4, 0.5) is 0 Å². The lowest BCUT2D eigenvalue weighted by molar-refractivity contribution is -0.117. The molecule has 0 amide bonds. The number of Topliss-reactive ketones (excluding diaryl/α,β-unsaturated/α-hetero) is 1. The number of carbonyl (C=O) groups excluding carboxylic acids is 1. The Balaban J connectivity index is 2.66. The van der Waals surface area contributed by atoms with E-state index in [4.69, 9.17) is 0 Å². The van der Waals surface area contributed by atoms with Crippen molar-refractivity contribution in [1.29, 1.82) is 0 Å². The smallest absolute Gasteiger partial charge is 0.130 e. The molecule has 0 bridgehead atoms. The maximum Gasteiger partial charge on any atom is 0.130 e. The summed E-state index contributed by atoms with van der Waals surface area (Å²) >= 11 is 0. The summed E-state index contributed by atoms with van der Waals surface area (Å²) in [6.07, 6.45) is 1.77. The topological polar surface area (TPSA) is 17.1 Å². The monoisotopic (exact) mass is 218 g/mol. The maximum atomic E-state index is 11.0. The minimum atomic E-state index is 0.263. The van der Waals surface area contributed by atoms with E-state index >= 15 is 0 Å². The molecule has 0 heterocycles. The fraction of sp³-hybridized carbons (Fsp3) is 0.533. The van der Waals surface area contributed by atoms with Crippen LogP contribution in [0, 0.1) is 5.92 Å². The molecule has 1 unspecified atom stereocenters. The van der Waals surface area contributed by atoms with Gasteiger partial charge in [-0.1, -0.05) is 45.0 Å². The van der Waals surface area contributed by atoms with Gasteiger partial charge in [0.05, 0.1) is 0 Å². The Morgan fingerprint density at radius 2 is 1.69 bits per heavy atom. The number of carbonyl (C=O) groups is 1. The fourth-order valence-electron chi connectivity index (χ4n) is 2.00. The van der Waals surface area contributed by atoms with Gasteiger partial charge < -0.3 is 4.79 Å². The van der Waals surface area contributed by atoms with Crippen molar-refractivity contribution in [1.82, 2.24) is 0 Å². The molecular formula is C15H22O. The summed E-state index contributed by atoms with van der Waals surface area (Å²) in [5, 5.41) is 0. The lowest BCUT2D eigenvalue weighted by atomic mass is 9.94. The standard InChI is InChI=1S/C15H22O/c1-11(2)9-14-5-7-15(8-6-14)12(3)10-13(4)16/h5-8,11-12H,9-10H2,1-4H3. The summed E-state index contributed by atoms with van der Waals surface area (Å²) in [6, 6.07) is 8.69. The second kappa shape index (κ2) is 5.83. The number of benzene rings is 1. The molecule has 0 radical (unpaired) electrons. The molecule has 0 aliphatic rings. The molecule has 88 valence electrons. The second-order valence-electron chi connectivity index (χ2n) is 5.15. The van der Waals surface area contributed by atoms with Crippen LogP contribution >= 0.6 is 0 Å². The van der Waals surface area contributed by atoms with Crippen LogP contribution in [0.2, 0.25) is 0 Å². The average molecular weight is 218 g/mol. The summed E-state index contributed by atoms with van der Waals surface area (Å²) in [5.41, 5.74) is 2.65. The van der Waals surface area contributed by atoms with Gasteiger partial charge in [0.2, 0.25) is 0 Å². The first-order valence-electron chi connectivity index (χ1n) is 6.07. The second-order valence-corrected chi connectivity index (χ2v) is 5.15. The van der Waals surface area contributed by atoms with Gasteiger partial charge >= 0.3 is 0 Å². The Hall–Kier alpha value is -1.11. The van der Waals surface area contributed by atoms with Crippen molar-refractivity contribution in [3.8, 4) is 0 Å². The van der Waals surface area contributed by atoms with Gasteiger partial charge in [-0.3, -0.25) is 0 Å². The zero-order chi connectivity index (χ0) is 12.1. The van der Waals surface area contributed by atoms with Gasteiger partial charge in [0.15, 0.2) is 0 Å². The Morgan fingerprint density at radius 1 is 1.12 bits per heavy atom. The molecule has 0 aliphatic heterocycles. The normalized spacial score (nSPS) is 12.8. The molecule has 1 atom stereocenters. The van der Waals surface area contributed by atoms with Crippen LogP contribution in [0.3, 0.4) is 0 Å². The van der Waals surface area contributed by atoms with E-state index in [9.17, 15) is 4.79 Å². The van der Waals surface area contributed by atoms with Crippen molar-refractivity contribution in [2.75, 3.05) is 0 Å². The highest BCUT2D eigenvalue weighted by Crippen LogP contribution is 2.20. The largest absolute Gasteiger partial charge is 0.300 e. The Morgan fingerprint density at radius 3 is 2.12 bits per heavy atom. The Labute approximate surface area is 98.9 Å². The van der Waals surface area contributed by atoms with Crippen LogP contribution in [-0.4, -0.2) is 5.78 Å². The van der Waals surface area contributed by atoms with Crippen LogP contribution in [0.5, 0.6) is 0 Å². The van der Waals surface area contributed by atoms with Gasteiger partial charge in [-0.25, -0.2) is 0 Å². The minimum absolute atomic E-state index is 0.263. The molecule has 0 fully saturated rings. The minimum Gasteiger partial charge on any atom is -0.300 e. The quantitative estimate of drug-likeness (QED) is 0.731. The summed E-state index contributed by atoms with van der Waals surface area (Å²) < 4.78 is 0. The lowest BCUT2D eigenvalue weighted by Crippen LogP contribution is -2.01. The number of ketones is 1. The average Bonchev–Trinajstić information content (AvgIpc) is 2.16. The molecule has 1 nitrogen and oxygen atoms in total. The van der Waals surface area contributed by atoms with Crippen LogP contribution in [-0.2, 0) is 11.2 Å². The van der Waals surface area contributed by atoms with Gasteiger partial charge in [0.25, 0.3) is 0 Å². The van der Waals surface area contributed by atoms with E-state index in [-0.39, 0.29) is 5.78 Å². The summed E-state index contributed by atoms with van der Waals surface area (Å²) in [4.78, 5) is 11.0. The van der Waals surface area contributed by atoms with Crippen LogP contribution in [0.15, 0.2) is 24.3 Å². The first-order chi connectivity index (χ1) is 7.49. The molecule has 1 aromatic rings. The molecule has 0 aromatic heterocycles. The van der Waals surface area contributed by atoms with Gasteiger partial charge in [0, 0.05) is 6.42 Å². The predicted molar refractivity (Wildman–Crippen MR) is 68.7 cm³/mol. The molecule has 0 saturated heterocycles. The molecule has 16 heavy (non-hydrogen) atoms. The zero-order valence-corrected chi connectivity index (χ0v) is 10.8. The predicted octanol–water partition coefficient (Wildman–Crippen LogP) is 3.97. The highest BCUT2D eigenvalue weighted by Gasteiger charge is 2.08. The van der Waals surface area contributed by atoms with Gasteiger partial charge in [-0.2, -0.15) is 0 Å². The first-order valence-corrected chi connectivity index (χ1v) is 6.07. The van der Waals surface area contributed by atoms with Gasteiger partial charge in [0.1, 0.15) is 5.78 Å². The van der Waals surface area contributed by atoms with E-state index in [1.54, 1.807) is 6.92 Å². The molecule has 0 saturated carbocycles. The van der Waals surface area contributed by atoms with E-state index in [2.05, 4.69) is 45.0 Å². The molecule has 1 aromatic carbocycles. The van der Waals surface area contributed by atoms with Crippen molar-refractivity contribution >= 4 is 5.78 Å². The third kappa shape index (κ3) is 4.18. The number of hydrogen-bond acceptors (Lipinski definition) is 1. The van der Waals surface area contributed by atoms with E-state index < -0.39 is 0 Å². The molecule has 0 aliphatic carbocycles. The third-order valence-electron chi connectivity index (χ3n) is 2.79. The highest BCUT2D eigenvalue weighted by molar-refractivity contribution is 5.76. The van der Waals surface area contributed by atoms with Gasteiger partial charge in [-0.15, -0.1) is 0 Å². The summed E-state index contributed by atoms with van der Waals surface area (Å²) in [7, 11) is 0. The van der Waals surface area contributed by atoms with Crippen molar-refractivity contribution in [3.05, 3.63) is 35.4 Å². The third-order valence-corrected chi connectivity index (χ3v) is 2.79. The number of hydrogen-bond donors (Lipinski definition) is 0. The first kappa shape index (κ1) is 13.0. The number of rotatable bonds is 5. The van der Waals surface area contributed by atoms with Crippen LogP contribution in [0.25, 0.3) is 0 Å². The molecule has 1 heteroatoms. The van der Waals surface area contributed by atoms with Gasteiger partial charge in [-0.05, 0) is 36.3 Å². The van der Waals surface area contributed by atoms with Crippen molar-refractivity contribution in [2.24, 2.45) is 5.92 Å². The van der Waals surface area contributed by atoms with Crippen molar-refractivity contribution in [3.63, 3.8) is 0 Å². The summed E-state index contributed by atoms with van der Waals surface area (Å²) in [5.74, 6) is 1.30. The lowest BCUT2D eigenvalue weighted by Gasteiger charge is -2.11. The molecule has 1 rings (SSSR count). The molecule has 0 spiro atoms. The zero-order valence-electron chi connectivity index (χ0n) is 10.8. The van der Waals surface area contributed by atoms with Crippen molar-refractivity contribution < 1.29 is 4.79 Å². The SMILES string of the molecule is CC(=O)CC(C)c1ccc(CC(C)C)cc1. The molecule has 0 N–H and O–H groups in total.